The summed E-state index contributed by atoms with van der Waals surface area (Å²) in [5.41, 5.74) is 1.59. The third-order valence-corrected chi connectivity index (χ3v) is 17.0. The van der Waals surface area contributed by atoms with Gasteiger partial charge in [-0.15, -0.1) is 0 Å². The first-order chi connectivity index (χ1) is 35.9. The van der Waals surface area contributed by atoms with Gasteiger partial charge in [-0.1, -0.05) is 36.4 Å². The summed E-state index contributed by atoms with van der Waals surface area (Å²) >= 11 is 0. The number of carboxylic acid groups (broad SMARTS) is 3. The zero-order valence-corrected chi connectivity index (χ0v) is 44.4. The minimum absolute atomic E-state index is 0.0150. The molecule has 0 unspecified atom stereocenters. The van der Waals surface area contributed by atoms with E-state index < -0.39 is 89.4 Å². The zero-order chi connectivity index (χ0) is 56.4. The highest BCUT2D eigenvalue weighted by Crippen LogP contribution is 2.45. The Kier molecular flexibility index (Phi) is 14.2. The summed E-state index contributed by atoms with van der Waals surface area (Å²) in [4.78, 5) is 37.5. The van der Waals surface area contributed by atoms with Crippen molar-refractivity contribution >= 4 is 97.6 Å². The SMILES string of the molecule is Cc1cc(C)c(NS(=O)(=O)c2cc(C(=O)O)cc(C(=O)O)c2)c(C)c1N=c1cc2oc3cc(Nc4c(C)cc(C)c(NS(=O)(=O)c5cccc(C(=O)O)c5)c4C)ccc3c(-c3ccccc3S(=O)(=O)O)c-2cc1S(=O)(=O)O. The molecule has 1 aliphatic heterocycles. The quantitative estimate of drug-likeness (QED) is 0.0350. The molecule has 6 aromatic rings. The molecule has 0 saturated carbocycles. The van der Waals surface area contributed by atoms with Gasteiger partial charge in [0, 0.05) is 45.6 Å². The van der Waals surface area contributed by atoms with E-state index in [4.69, 9.17) is 4.42 Å². The third-order valence-electron chi connectivity index (χ3n) is 12.5. The fourth-order valence-electron chi connectivity index (χ4n) is 8.95. The Morgan fingerprint density at radius 1 is 0.506 bits per heavy atom. The van der Waals surface area contributed by atoms with Crippen LogP contribution in [-0.2, 0) is 40.3 Å². The van der Waals surface area contributed by atoms with Crippen molar-refractivity contribution in [2.24, 2.45) is 4.99 Å². The van der Waals surface area contributed by atoms with E-state index in [1.54, 1.807) is 39.8 Å². The van der Waals surface area contributed by atoms with E-state index >= 15 is 0 Å². The Hall–Kier alpha value is -8.46. The predicted octanol–water partition coefficient (Wildman–Crippen LogP) is 9.22. The second-order valence-electron chi connectivity index (χ2n) is 17.8. The first-order valence-electron chi connectivity index (χ1n) is 22.5. The lowest BCUT2D eigenvalue weighted by Gasteiger charge is -2.21. The number of carboxylic acids is 3. The van der Waals surface area contributed by atoms with Gasteiger partial charge in [0.15, 0.2) is 0 Å². The van der Waals surface area contributed by atoms with Gasteiger partial charge in [0.05, 0.1) is 48.9 Å². The molecule has 6 aromatic carbocycles. The van der Waals surface area contributed by atoms with Crippen LogP contribution in [0.25, 0.3) is 33.4 Å². The van der Waals surface area contributed by atoms with Gasteiger partial charge in [0.1, 0.15) is 21.1 Å². The average Bonchev–Trinajstić information content (AvgIpc) is 3.39. The number of nitrogens with one attached hydrogen (secondary N) is 3. The molecular weight excluding hydrogens is 1080 g/mol. The Labute approximate surface area is 440 Å². The molecular formula is C52H44N4O17S4. The van der Waals surface area contributed by atoms with E-state index in [1.807, 2.05) is 0 Å². The molecule has 0 bridgehead atoms. The van der Waals surface area contributed by atoms with E-state index in [0.29, 0.717) is 39.2 Å². The molecule has 25 heteroatoms. The summed E-state index contributed by atoms with van der Waals surface area (Å²) in [5.74, 6) is -4.66. The summed E-state index contributed by atoms with van der Waals surface area (Å²) in [6, 6.07) is 22.4. The first kappa shape index (κ1) is 54.8. The van der Waals surface area contributed by atoms with Gasteiger partial charge >= 0.3 is 17.9 Å². The van der Waals surface area contributed by atoms with Crippen molar-refractivity contribution in [1.29, 1.82) is 0 Å². The molecule has 77 heavy (non-hydrogen) atoms. The number of rotatable bonds is 15. The molecule has 398 valence electrons. The molecule has 0 saturated heterocycles. The Morgan fingerprint density at radius 2 is 1.05 bits per heavy atom. The molecule has 0 aromatic heterocycles. The predicted molar refractivity (Wildman–Crippen MR) is 283 cm³/mol. The number of aryl methyl sites for hydroxylation is 4. The summed E-state index contributed by atoms with van der Waals surface area (Å²) in [5, 5.41) is 31.7. The smallest absolute Gasteiger partial charge is 0.335 e. The van der Waals surface area contributed by atoms with Crippen LogP contribution in [0.15, 0.2) is 138 Å². The van der Waals surface area contributed by atoms with Crippen molar-refractivity contribution in [1.82, 2.24) is 0 Å². The highest BCUT2D eigenvalue weighted by Gasteiger charge is 2.29. The normalized spacial score (nSPS) is 12.4. The first-order valence-corrected chi connectivity index (χ1v) is 28.3. The maximum Gasteiger partial charge on any atom is 0.335 e. The van der Waals surface area contributed by atoms with Crippen LogP contribution in [0.2, 0.25) is 0 Å². The van der Waals surface area contributed by atoms with Gasteiger partial charge in [0.2, 0.25) is 0 Å². The highest BCUT2D eigenvalue weighted by molar-refractivity contribution is 7.93. The fourth-order valence-corrected chi connectivity index (χ4v) is 12.8. The largest absolute Gasteiger partial charge is 0.478 e. The fraction of sp³-hybridized carbons (Fsp3) is 0.115. The minimum atomic E-state index is -5.24. The molecule has 8 N–H and O–H groups in total. The number of sulfonamides is 2. The van der Waals surface area contributed by atoms with Crippen LogP contribution >= 0.6 is 0 Å². The van der Waals surface area contributed by atoms with Crippen molar-refractivity contribution in [3.05, 3.63) is 165 Å². The third kappa shape index (κ3) is 10.8. The van der Waals surface area contributed by atoms with Crippen LogP contribution < -0.4 is 20.1 Å². The van der Waals surface area contributed by atoms with Crippen molar-refractivity contribution in [2.75, 3.05) is 14.8 Å². The van der Waals surface area contributed by atoms with Crippen LogP contribution in [0, 0.1) is 41.5 Å². The van der Waals surface area contributed by atoms with Crippen LogP contribution in [0.4, 0.5) is 28.4 Å². The Bertz CT molecular complexity index is 4370. The van der Waals surface area contributed by atoms with Gasteiger partial charge in [0.25, 0.3) is 40.3 Å². The Balaban J connectivity index is 1.32. The number of carbonyl (C=O) groups is 3. The maximum atomic E-state index is 13.8. The number of hydrogen-bond acceptors (Lipinski definition) is 14. The number of hydrogen-bond donors (Lipinski definition) is 8. The standard InChI is InChI=1S/C52H44N4O17S4/c1-25-16-27(3)48(55-74(63,64)35-11-9-10-31(19-35)50(57)58)29(5)46(25)53-34-14-15-37-41(22-34)73-42-24-40(44(77(70,71)72)23-39(42)45(37)38-12-7-8-13-43(38)76(67,68)69)54-47-26(2)17-28(4)49(30(47)6)56-75(65,66)36-20-32(51(59)60)18-33(21-36)52(61)62/h7-24,53,55-56H,1-6H3,(H,57,58)(H,59,60)(H,61,62)(H,67,68,69)(H,70,71,72). The molecule has 0 atom stereocenters. The maximum absolute atomic E-state index is 13.8. The second kappa shape index (κ2) is 19.9. The van der Waals surface area contributed by atoms with Crippen LogP contribution in [0.5, 0.6) is 0 Å². The molecule has 0 amide bonds. The second-order valence-corrected chi connectivity index (χ2v) is 24.0. The van der Waals surface area contributed by atoms with Gasteiger partial charge in [-0.05, 0) is 136 Å². The van der Waals surface area contributed by atoms with Gasteiger partial charge in [-0.3, -0.25) is 18.5 Å². The summed E-state index contributed by atoms with van der Waals surface area (Å²) in [6.07, 6.45) is 0. The van der Waals surface area contributed by atoms with Crippen molar-refractivity contribution < 1.29 is 76.9 Å². The molecule has 8 rings (SSSR count). The zero-order valence-electron chi connectivity index (χ0n) is 41.1. The number of anilines is 4. The summed E-state index contributed by atoms with van der Waals surface area (Å²) in [6.45, 7) is 9.65. The average molecular weight is 1130 g/mol. The monoisotopic (exact) mass is 1120 g/mol. The van der Waals surface area contributed by atoms with E-state index in [-0.39, 0.29) is 66.5 Å². The molecule has 0 radical (unpaired) electrons. The van der Waals surface area contributed by atoms with E-state index in [1.165, 1.54) is 68.4 Å². The van der Waals surface area contributed by atoms with Crippen LogP contribution in [0.1, 0.15) is 64.5 Å². The van der Waals surface area contributed by atoms with Crippen molar-refractivity contribution in [3.63, 3.8) is 0 Å². The molecule has 1 heterocycles. The molecule has 0 spiro atoms. The molecule has 0 fully saturated rings. The lowest BCUT2D eigenvalue weighted by molar-refractivity contribution is 0.0681. The van der Waals surface area contributed by atoms with Gasteiger partial charge in [-0.25, -0.2) is 36.2 Å². The molecule has 2 aliphatic rings. The van der Waals surface area contributed by atoms with Crippen molar-refractivity contribution in [2.45, 2.75) is 61.1 Å². The van der Waals surface area contributed by atoms with Crippen LogP contribution in [-0.4, -0.2) is 76.0 Å². The lowest BCUT2D eigenvalue weighted by Crippen LogP contribution is -2.18. The van der Waals surface area contributed by atoms with Crippen molar-refractivity contribution in [3.8, 4) is 22.5 Å². The summed E-state index contributed by atoms with van der Waals surface area (Å²) in [7, 11) is -19.3. The molecule has 1 aliphatic carbocycles. The number of aromatic carboxylic acids is 3. The lowest BCUT2D eigenvalue weighted by atomic mass is 9.93. The molecule has 21 nitrogen and oxygen atoms in total. The summed E-state index contributed by atoms with van der Waals surface area (Å²) < 4.78 is 140. The van der Waals surface area contributed by atoms with Gasteiger partial charge in [-0.2, -0.15) is 16.8 Å². The van der Waals surface area contributed by atoms with E-state index in [2.05, 4.69) is 19.8 Å². The number of benzene rings is 7. The minimum Gasteiger partial charge on any atom is -0.478 e. The van der Waals surface area contributed by atoms with E-state index in [0.717, 1.165) is 42.5 Å². The topological polar surface area (TPSA) is 351 Å². The van der Waals surface area contributed by atoms with Crippen LogP contribution in [0.3, 0.4) is 0 Å². The Morgan fingerprint density at radius 3 is 1.65 bits per heavy atom. The number of nitrogens with zero attached hydrogens (tertiary/aromatic N) is 1. The highest BCUT2D eigenvalue weighted by atomic mass is 32.2. The number of fused-ring (bicyclic) bond motifs is 2. The van der Waals surface area contributed by atoms with E-state index in [9.17, 15) is 72.5 Å². The van der Waals surface area contributed by atoms with Gasteiger partial charge < -0.3 is 25.1 Å².